The van der Waals surface area contributed by atoms with Gasteiger partial charge in [-0.25, -0.2) is 13.1 Å². The van der Waals surface area contributed by atoms with Gasteiger partial charge in [0.15, 0.2) is 0 Å². The molecule has 2 atom stereocenters. The maximum absolute atomic E-state index is 12.0. The van der Waals surface area contributed by atoms with E-state index in [0.717, 1.165) is 25.8 Å². The van der Waals surface area contributed by atoms with Gasteiger partial charge in [0.1, 0.15) is 0 Å². The predicted molar refractivity (Wildman–Crippen MR) is 71.9 cm³/mol. The minimum Gasteiger partial charge on any atom is -0.312 e. The fourth-order valence-corrected chi connectivity index (χ4v) is 3.60. The highest BCUT2D eigenvalue weighted by Crippen LogP contribution is 2.22. The Balaban J connectivity index is 2.35. The molecule has 0 amide bonds. The normalized spacial score (nSPS) is 24.8. The molecule has 2 N–H and O–H groups in total. The Hall–Kier alpha value is -0.340. The van der Waals surface area contributed by atoms with E-state index in [9.17, 15) is 21.6 Å². The van der Waals surface area contributed by atoms with Crippen LogP contribution in [-0.4, -0.2) is 39.5 Å². The second-order valence-electron chi connectivity index (χ2n) is 5.26. The second-order valence-corrected chi connectivity index (χ2v) is 7.18. The Morgan fingerprint density at radius 2 is 2.05 bits per heavy atom. The topological polar surface area (TPSA) is 58.2 Å². The number of hydrogen-bond donors (Lipinski definition) is 2. The van der Waals surface area contributed by atoms with Gasteiger partial charge >= 0.3 is 6.18 Å². The van der Waals surface area contributed by atoms with Crippen molar-refractivity contribution >= 4 is 10.0 Å². The van der Waals surface area contributed by atoms with Crippen molar-refractivity contribution < 1.29 is 21.6 Å². The third-order valence-corrected chi connectivity index (χ3v) is 5.08. The molecule has 4 nitrogen and oxygen atoms in total. The summed E-state index contributed by atoms with van der Waals surface area (Å²) in [6.45, 7) is 3.17. The van der Waals surface area contributed by atoms with Crippen LogP contribution in [0.25, 0.3) is 0 Å². The van der Waals surface area contributed by atoms with Crippen molar-refractivity contribution in [2.24, 2.45) is 5.92 Å². The largest absolute Gasteiger partial charge is 0.389 e. The number of piperidine rings is 1. The fraction of sp³-hybridized carbons (Fsp3) is 1.00. The van der Waals surface area contributed by atoms with Gasteiger partial charge in [-0.2, -0.15) is 13.2 Å². The standard InChI is InChI=1S/C12H23F3N2O2S/c1-2-10-5-3-7-16-11(10)9-17-20(18,19)8-4-6-12(13,14)15/h10-11,16-17H,2-9H2,1H3. The third kappa shape index (κ3) is 6.90. The van der Waals surface area contributed by atoms with Gasteiger partial charge in [0.05, 0.1) is 5.75 Å². The zero-order chi connectivity index (χ0) is 15.2. The molecule has 1 heterocycles. The van der Waals surface area contributed by atoms with Gasteiger partial charge in [-0.3, -0.25) is 0 Å². The molecule has 0 aromatic heterocycles. The number of nitrogens with one attached hydrogen (secondary N) is 2. The predicted octanol–water partition coefficient (Wildman–Crippen LogP) is 2.03. The summed E-state index contributed by atoms with van der Waals surface area (Å²) >= 11 is 0. The van der Waals surface area contributed by atoms with Gasteiger partial charge in [0, 0.05) is 19.0 Å². The van der Waals surface area contributed by atoms with Crippen molar-refractivity contribution in [1.82, 2.24) is 10.0 Å². The average molecular weight is 316 g/mol. The molecule has 20 heavy (non-hydrogen) atoms. The molecule has 0 aliphatic carbocycles. The lowest BCUT2D eigenvalue weighted by molar-refractivity contribution is -0.134. The number of rotatable bonds is 7. The van der Waals surface area contributed by atoms with Gasteiger partial charge in [0.2, 0.25) is 10.0 Å². The molecule has 0 aromatic carbocycles. The summed E-state index contributed by atoms with van der Waals surface area (Å²) in [5, 5.41) is 3.27. The average Bonchev–Trinajstić information content (AvgIpc) is 2.35. The quantitative estimate of drug-likeness (QED) is 0.755. The van der Waals surface area contributed by atoms with Crippen LogP contribution in [0.3, 0.4) is 0 Å². The number of hydrogen-bond acceptors (Lipinski definition) is 3. The lowest BCUT2D eigenvalue weighted by Crippen LogP contribution is -2.48. The zero-order valence-corrected chi connectivity index (χ0v) is 12.5. The highest BCUT2D eigenvalue weighted by Gasteiger charge is 2.28. The van der Waals surface area contributed by atoms with Crippen molar-refractivity contribution in [3.63, 3.8) is 0 Å². The van der Waals surface area contributed by atoms with E-state index in [-0.39, 0.29) is 12.6 Å². The van der Waals surface area contributed by atoms with E-state index in [1.165, 1.54) is 0 Å². The van der Waals surface area contributed by atoms with Crippen LogP contribution in [-0.2, 0) is 10.0 Å². The Labute approximate surface area is 118 Å². The van der Waals surface area contributed by atoms with E-state index in [1.807, 2.05) is 0 Å². The van der Waals surface area contributed by atoms with Gasteiger partial charge in [-0.1, -0.05) is 13.3 Å². The Bertz CT molecular complexity index is 385. The van der Waals surface area contributed by atoms with Crippen molar-refractivity contribution in [2.75, 3.05) is 18.8 Å². The first-order chi connectivity index (χ1) is 9.23. The summed E-state index contributed by atoms with van der Waals surface area (Å²) < 4.78 is 61.7. The molecule has 120 valence electrons. The number of halogens is 3. The molecule has 1 rings (SSSR count). The monoisotopic (exact) mass is 316 g/mol. The SMILES string of the molecule is CCC1CCCNC1CNS(=O)(=O)CCCC(F)(F)F. The summed E-state index contributed by atoms with van der Waals surface area (Å²) in [7, 11) is -3.63. The molecular weight excluding hydrogens is 293 g/mol. The number of alkyl halides is 3. The van der Waals surface area contributed by atoms with Crippen molar-refractivity contribution in [1.29, 1.82) is 0 Å². The van der Waals surface area contributed by atoms with E-state index in [0.29, 0.717) is 5.92 Å². The highest BCUT2D eigenvalue weighted by molar-refractivity contribution is 7.89. The smallest absolute Gasteiger partial charge is 0.312 e. The van der Waals surface area contributed by atoms with Crippen LogP contribution in [0.5, 0.6) is 0 Å². The van der Waals surface area contributed by atoms with Crippen molar-refractivity contribution in [3.8, 4) is 0 Å². The van der Waals surface area contributed by atoms with E-state index in [2.05, 4.69) is 17.0 Å². The highest BCUT2D eigenvalue weighted by atomic mass is 32.2. The van der Waals surface area contributed by atoms with Gasteiger partial charge in [0.25, 0.3) is 0 Å². The van der Waals surface area contributed by atoms with Gasteiger partial charge < -0.3 is 5.32 Å². The van der Waals surface area contributed by atoms with E-state index >= 15 is 0 Å². The first-order valence-corrected chi connectivity index (χ1v) is 8.66. The molecule has 0 spiro atoms. The second kappa shape index (κ2) is 7.61. The minimum atomic E-state index is -4.30. The Morgan fingerprint density at radius 1 is 1.35 bits per heavy atom. The first kappa shape index (κ1) is 17.7. The summed E-state index contributed by atoms with van der Waals surface area (Å²) in [4.78, 5) is 0. The molecule has 0 saturated carbocycles. The third-order valence-electron chi connectivity index (χ3n) is 3.65. The molecule has 0 aromatic rings. The maximum atomic E-state index is 12.0. The van der Waals surface area contributed by atoms with E-state index < -0.39 is 34.8 Å². The molecule has 1 aliphatic heterocycles. The van der Waals surface area contributed by atoms with E-state index in [4.69, 9.17) is 0 Å². The molecule has 0 bridgehead atoms. The molecule has 1 fully saturated rings. The lowest BCUT2D eigenvalue weighted by Gasteiger charge is -2.32. The molecule has 2 unspecified atom stereocenters. The van der Waals surface area contributed by atoms with Crippen LogP contribution in [0, 0.1) is 5.92 Å². The van der Waals surface area contributed by atoms with Gasteiger partial charge in [-0.15, -0.1) is 0 Å². The molecule has 1 aliphatic rings. The lowest BCUT2D eigenvalue weighted by atomic mass is 9.89. The van der Waals surface area contributed by atoms with Crippen LogP contribution in [0.15, 0.2) is 0 Å². The summed E-state index contributed by atoms with van der Waals surface area (Å²) in [5.41, 5.74) is 0. The minimum absolute atomic E-state index is 0.0751. The van der Waals surface area contributed by atoms with Crippen LogP contribution in [0.1, 0.15) is 39.0 Å². The van der Waals surface area contributed by atoms with Crippen molar-refractivity contribution in [2.45, 2.75) is 51.2 Å². The first-order valence-electron chi connectivity index (χ1n) is 7.01. The summed E-state index contributed by atoms with van der Waals surface area (Å²) in [5.74, 6) is -0.0580. The fourth-order valence-electron chi connectivity index (χ4n) is 2.50. The Kier molecular flexibility index (Phi) is 6.74. The molecule has 8 heteroatoms. The molecule has 1 saturated heterocycles. The van der Waals surface area contributed by atoms with E-state index in [1.54, 1.807) is 0 Å². The summed E-state index contributed by atoms with van der Waals surface area (Å²) in [6.07, 6.45) is -2.65. The molecule has 0 radical (unpaired) electrons. The molecular formula is C12H23F3N2O2S. The van der Waals surface area contributed by atoms with Crippen LogP contribution < -0.4 is 10.0 Å². The van der Waals surface area contributed by atoms with Gasteiger partial charge in [-0.05, 0) is 31.7 Å². The van der Waals surface area contributed by atoms with Crippen LogP contribution >= 0.6 is 0 Å². The zero-order valence-electron chi connectivity index (χ0n) is 11.7. The van der Waals surface area contributed by atoms with Crippen LogP contribution in [0.4, 0.5) is 13.2 Å². The van der Waals surface area contributed by atoms with Crippen molar-refractivity contribution in [3.05, 3.63) is 0 Å². The maximum Gasteiger partial charge on any atom is 0.389 e. The number of sulfonamides is 1. The summed E-state index contributed by atoms with van der Waals surface area (Å²) in [6, 6.07) is 0.0751. The Morgan fingerprint density at radius 3 is 2.65 bits per heavy atom. The van der Waals surface area contributed by atoms with Crippen LogP contribution in [0.2, 0.25) is 0 Å².